The summed E-state index contributed by atoms with van der Waals surface area (Å²) < 4.78 is 23.2. The molecule has 0 unspecified atom stereocenters. The number of benzene rings is 1. The minimum Gasteiger partial charge on any atom is -0.478 e. The minimum atomic E-state index is -3.44. The molecule has 1 aromatic rings. The summed E-state index contributed by atoms with van der Waals surface area (Å²) >= 11 is 0. The number of carboxylic acid groups (broad SMARTS) is 1. The van der Waals surface area contributed by atoms with E-state index in [0.717, 1.165) is 6.26 Å². The first kappa shape index (κ1) is 14.4. The van der Waals surface area contributed by atoms with Crippen molar-refractivity contribution in [1.82, 2.24) is 0 Å². The monoisotopic (exact) mass is 270 g/mol. The van der Waals surface area contributed by atoms with Gasteiger partial charge in [-0.1, -0.05) is 0 Å². The first-order valence-corrected chi connectivity index (χ1v) is 7.17. The van der Waals surface area contributed by atoms with E-state index >= 15 is 0 Å². The molecular weight excluding hydrogens is 256 g/mol. The zero-order valence-electron chi connectivity index (χ0n) is 10.1. The molecule has 1 rings (SSSR count). The number of rotatable bonds is 5. The van der Waals surface area contributed by atoms with Gasteiger partial charge in [-0.3, -0.25) is 0 Å². The summed E-state index contributed by atoms with van der Waals surface area (Å²) in [4.78, 5) is 21.5. The molecule has 6 heteroatoms. The van der Waals surface area contributed by atoms with E-state index in [4.69, 9.17) is 5.11 Å². The quantitative estimate of drug-likeness (QED) is 0.813. The summed E-state index contributed by atoms with van der Waals surface area (Å²) in [5, 5.41) is 8.99. The maximum Gasteiger partial charge on any atom is 0.335 e. The van der Waals surface area contributed by atoms with Crippen LogP contribution in [-0.4, -0.2) is 32.0 Å². The van der Waals surface area contributed by atoms with Crippen molar-refractivity contribution >= 4 is 22.1 Å². The van der Waals surface area contributed by atoms with E-state index in [1.165, 1.54) is 12.1 Å². The van der Waals surface area contributed by atoms with Gasteiger partial charge in [-0.15, -0.1) is 0 Å². The van der Waals surface area contributed by atoms with Crippen LogP contribution in [-0.2, 0) is 21.1 Å². The number of hydrogen-bond donors (Lipinski definition) is 1. The van der Waals surface area contributed by atoms with Crippen LogP contribution in [0.15, 0.2) is 17.0 Å². The minimum absolute atomic E-state index is 0.0586. The normalized spacial score (nSPS) is 11.2. The van der Waals surface area contributed by atoms with Crippen LogP contribution in [0.5, 0.6) is 0 Å². The Kier molecular flexibility index (Phi) is 4.24. The Hall–Kier alpha value is -1.69. The third-order valence-electron chi connectivity index (χ3n) is 2.70. The van der Waals surface area contributed by atoms with E-state index in [-0.39, 0.29) is 23.3 Å². The van der Waals surface area contributed by atoms with Crippen molar-refractivity contribution in [3.63, 3.8) is 0 Å². The maximum absolute atomic E-state index is 11.6. The van der Waals surface area contributed by atoms with Crippen molar-refractivity contribution in [3.8, 4) is 0 Å². The van der Waals surface area contributed by atoms with E-state index < -0.39 is 15.8 Å². The Morgan fingerprint density at radius 1 is 1.39 bits per heavy atom. The Morgan fingerprint density at radius 3 is 2.44 bits per heavy atom. The molecule has 0 aliphatic rings. The molecule has 98 valence electrons. The summed E-state index contributed by atoms with van der Waals surface area (Å²) in [7, 11) is -3.44. The van der Waals surface area contributed by atoms with Gasteiger partial charge >= 0.3 is 5.97 Å². The number of sulfone groups is 1. The smallest absolute Gasteiger partial charge is 0.335 e. The topological polar surface area (TPSA) is 88.5 Å². The van der Waals surface area contributed by atoms with Gasteiger partial charge in [0.15, 0.2) is 9.84 Å². The number of carboxylic acids is 1. The lowest BCUT2D eigenvalue weighted by Crippen LogP contribution is -2.09. The molecule has 0 heterocycles. The maximum atomic E-state index is 11.6. The standard InChI is InChI=1S/C12H14O5S/c1-8-9(4-3-7-13)11(18(2,16)17)6-5-10(8)12(14)15/h5-7H,3-4H2,1-2H3,(H,14,15). The lowest BCUT2D eigenvalue weighted by molar-refractivity contribution is -0.107. The number of carbonyl (C=O) groups is 2. The number of aldehydes is 1. The van der Waals surface area contributed by atoms with Crippen LogP contribution in [0.25, 0.3) is 0 Å². The predicted octanol–water partition coefficient (Wildman–Crippen LogP) is 1.23. The van der Waals surface area contributed by atoms with Crippen LogP contribution < -0.4 is 0 Å². The summed E-state index contributed by atoms with van der Waals surface area (Å²) in [6.07, 6.45) is 2.12. The molecule has 0 fully saturated rings. The lowest BCUT2D eigenvalue weighted by Gasteiger charge is -2.12. The van der Waals surface area contributed by atoms with E-state index in [2.05, 4.69) is 0 Å². The molecule has 0 saturated carbocycles. The summed E-state index contributed by atoms with van der Waals surface area (Å²) in [5.74, 6) is -1.11. The lowest BCUT2D eigenvalue weighted by atomic mass is 9.99. The van der Waals surface area contributed by atoms with E-state index in [1.54, 1.807) is 6.92 Å². The van der Waals surface area contributed by atoms with Crippen molar-refractivity contribution in [2.24, 2.45) is 0 Å². The van der Waals surface area contributed by atoms with Crippen LogP contribution in [0.1, 0.15) is 27.9 Å². The van der Waals surface area contributed by atoms with Gasteiger partial charge in [0.25, 0.3) is 0 Å². The third kappa shape index (κ3) is 2.95. The first-order chi connectivity index (χ1) is 8.29. The highest BCUT2D eigenvalue weighted by Crippen LogP contribution is 2.24. The number of carbonyl (C=O) groups excluding carboxylic acids is 1. The summed E-state index contributed by atoms with van der Waals surface area (Å²) in [6.45, 7) is 1.55. The molecule has 0 saturated heterocycles. The largest absolute Gasteiger partial charge is 0.478 e. The molecular formula is C12H14O5S. The van der Waals surface area contributed by atoms with E-state index in [1.807, 2.05) is 0 Å². The number of aromatic carboxylic acids is 1. The Bertz CT molecular complexity index is 587. The molecule has 0 aliphatic heterocycles. The molecule has 1 N–H and O–H groups in total. The molecule has 0 amide bonds. The van der Waals surface area contributed by atoms with Gasteiger partial charge in [-0.2, -0.15) is 0 Å². The third-order valence-corrected chi connectivity index (χ3v) is 3.88. The molecule has 1 aromatic carbocycles. The molecule has 0 aliphatic carbocycles. The van der Waals surface area contributed by atoms with Gasteiger partial charge in [-0.05, 0) is 36.6 Å². The highest BCUT2D eigenvalue weighted by Gasteiger charge is 2.19. The highest BCUT2D eigenvalue weighted by molar-refractivity contribution is 7.90. The fraction of sp³-hybridized carbons (Fsp3) is 0.333. The molecule has 0 radical (unpaired) electrons. The highest BCUT2D eigenvalue weighted by atomic mass is 32.2. The van der Waals surface area contributed by atoms with Crippen LogP contribution in [0.2, 0.25) is 0 Å². The summed E-state index contributed by atoms with van der Waals surface area (Å²) in [6, 6.07) is 2.56. The Labute approximate surface area is 105 Å². The van der Waals surface area contributed by atoms with Crippen molar-refractivity contribution in [3.05, 3.63) is 28.8 Å². The van der Waals surface area contributed by atoms with E-state index in [0.29, 0.717) is 17.4 Å². The van der Waals surface area contributed by atoms with Crippen LogP contribution in [0, 0.1) is 6.92 Å². The van der Waals surface area contributed by atoms with Gasteiger partial charge in [0, 0.05) is 12.7 Å². The fourth-order valence-corrected chi connectivity index (χ4v) is 2.84. The molecule has 18 heavy (non-hydrogen) atoms. The predicted molar refractivity (Wildman–Crippen MR) is 65.6 cm³/mol. The van der Waals surface area contributed by atoms with E-state index in [9.17, 15) is 18.0 Å². The van der Waals surface area contributed by atoms with Crippen LogP contribution >= 0.6 is 0 Å². The first-order valence-electron chi connectivity index (χ1n) is 5.28. The average molecular weight is 270 g/mol. The van der Waals surface area contributed by atoms with Gasteiger partial charge in [0.2, 0.25) is 0 Å². The number of hydrogen-bond acceptors (Lipinski definition) is 4. The van der Waals surface area contributed by atoms with Crippen molar-refractivity contribution in [2.45, 2.75) is 24.7 Å². The fourth-order valence-electron chi connectivity index (χ4n) is 1.83. The molecule has 0 aromatic heterocycles. The van der Waals surface area contributed by atoms with Gasteiger partial charge < -0.3 is 9.90 Å². The molecule has 0 atom stereocenters. The SMILES string of the molecule is Cc1c(C(=O)O)ccc(S(C)(=O)=O)c1CCC=O. The van der Waals surface area contributed by atoms with Gasteiger partial charge in [-0.25, -0.2) is 13.2 Å². The van der Waals surface area contributed by atoms with Crippen molar-refractivity contribution < 1.29 is 23.1 Å². The van der Waals surface area contributed by atoms with Gasteiger partial charge in [0.05, 0.1) is 10.5 Å². The Balaban J connectivity index is 3.51. The Morgan fingerprint density at radius 2 is 2.00 bits per heavy atom. The molecule has 0 bridgehead atoms. The zero-order chi connectivity index (χ0) is 13.9. The zero-order valence-corrected chi connectivity index (χ0v) is 11.0. The van der Waals surface area contributed by atoms with Crippen LogP contribution in [0.3, 0.4) is 0 Å². The second-order valence-corrected chi connectivity index (χ2v) is 5.98. The second-order valence-electron chi connectivity index (χ2n) is 4.00. The summed E-state index contributed by atoms with van der Waals surface area (Å²) in [5.41, 5.74) is 0.861. The van der Waals surface area contributed by atoms with Crippen molar-refractivity contribution in [1.29, 1.82) is 0 Å². The van der Waals surface area contributed by atoms with Crippen molar-refractivity contribution in [2.75, 3.05) is 6.26 Å². The van der Waals surface area contributed by atoms with Crippen LogP contribution in [0.4, 0.5) is 0 Å². The van der Waals surface area contributed by atoms with Gasteiger partial charge in [0.1, 0.15) is 6.29 Å². The molecule has 5 nitrogen and oxygen atoms in total. The second kappa shape index (κ2) is 5.30. The molecule has 0 spiro atoms. The average Bonchev–Trinajstić information content (AvgIpc) is 2.25.